The molecule has 7 heteroatoms. The van der Waals surface area contributed by atoms with E-state index >= 15 is 0 Å². The first-order valence-electron chi connectivity index (χ1n) is 10.3. The topological polar surface area (TPSA) is 76.1 Å². The molecule has 1 fully saturated rings. The molecule has 0 radical (unpaired) electrons. The molecule has 1 saturated heterocycles. The summed E-state index contributed by atoms with van der Waals surface area (Å²) in [5.41, 5.74) is 3.73. The van der Waals surface area contributed by atoms with E-state index in [2.05, 4.69) is 10.6 Å². The zero-order valence-corrected chi connectivity index (χ0v) is 17.7. The number of fused-ring (bicyclic) bond motifs is 1. The standard InChI is InChI=1S/C24H22N4O2S/c29-24(21-9-4-11-30-21)26-18-6-3-5-16(13-18)14-25-23-19-7-1-2-8-20(19)27-22(28-23)17-10-12-31-15-17/h1-3,5-8,10,12-13,15,21H,4,9,11,14H2,(H,26,29)(H,25,27,28). The van der Waals surface area contributed by atoms with E-state index in [9.17, 15) is 4.79 Å². The quantitative estimate of drug-likeness (QED) is 0.446. The fraction of sp³-hybridized carbons (Fsp3) is 0.208. The molecule has 0 aliphatic carbocycles. The molecule has 2 N–H and O–H groups in total. The van der Waals surface area contributed by atoms with Crippen molar-refractivity contribution in [3.05, 3.63) is 70.9 Å². The van der Waals surface area contributed by atoms with Crippen LogP contribution in [0.25, 0.3) is 22.3 Å². The summed E-state index contributed by atoms with van der Waals surface area (Å²) in [4.78, 5) is 21.8. The minimum absolute atomic E-state index is 0.0789. The van der Waals surface area contributed by atoms with Crippen molar-refractivity contribution < 1.29 is 9.53 Å². The van der Waals surface area contributed by atoms with Gasteiger partial charge < -0.3 is 15.4 Å². The van der Waals surface area contributed by atoms with Gasteiger partial charge in [-0.15, -0.1) is 0 Å². The Hall–Kier alpha value is -3.29. The average molecular weight is 431 g/mol. The molecule has 1 amide bonds. The second-order valence-electron chi connectivity index (χ2n) is 7.47. The van der Waals surface area contributed by atoms with E-state index in [1.807, 2.05) is 65.4 Å². The summed E-state index contributed by atoms with van der Waals surface area (Å²) in [7, 11) is 0. The third-order valence-electron chi connectivity index (χ3n) is 5.26. The van der Waals surface area contributed by atoms with Crippen LogP contribution in [-0.4, -0.2) is 28.6 Å². The van der Waals surface area contributed by atoms with Gasteiger partial charge in [-0.1, -0.05) is 24.3 Å². The molecule has 4 aromatic rings. The molecule has 2 aromatic carbocycles. The number of hydrogen-bond acceptors (Lipinski definition) is 6. The van der Waals surface area contributed by atoms with Crippen LogP contribution in [0, 0.1) is 0 Å². The smallest absolute Gasteiger partial charge is 0.253 e. The first-order chi connectivity index (χ1) is 15.3. The molecule has 0 bridgehead atoms. The van der Waals surface area contributed by atoms with Gasteiger partial charge in [-0.25, -0.2) is 9.97 Å². The van der Waals surface area contributed by atoms with E-state index in [0.29, 0.717) is 19.0 Å². The number of aromatic nitrogens is 2. The van der Waals surface area contributed by atoms with Gasteiger partial charge in [0.05, 0.1) is 5.52 Å². The molecule has 0 spiro atoms. The molecule has 0 saturated carbocycles. The normalized spacial score (nSPS) is 15.8. The summed E-state index contributed by atoms with van der Waals surface area (Å²) in [5, 5.41) is 11.5. The highest BCUT2D eigenvalue weighted by molar-refractivity contribution is 7.08. The van der Waals surface area contributed by atoms with Crippen LogP contribution in [0.4, 0.5) is 11.5 Å². The van der Waals surface area contributed by atoms with Gasteiger partial charge in [-0.2, -0.15) is 11.3 Å². The summed E-state index contributed by atoms with van der Waals surface area (Å²) in [5.74, 6) is 1.42. The van der Waals surface area contributed by atoms with Crippen LogP contribution in [0.3, 0.4) is 0 Å². The molecule has 1 atom stereocenters. The van der Waals surface area contributed by atoms with E-state index in [0.717, 1.165) is 46.4 Å². The Labute approximate surface area is 184 Å². The molecule has 156 valence electrons. The van der Waals surface area contributed by atoms with Crippen molar-refractivity contribution in [2.75, 3.05) is 17.2 Å². The zero-order valence-electron chi connectivity index (χ0n) is 16.9. The first kappa shape index (κ1) is 19.7. The Morgan fingerprint density at radius 3 is 2.90 bits per heavy atom. The SMILES string of the molecule is O=C(Nc1cccc(CNc2nc(-c3ccsc3)nc3ccccc23)c1)C1CCCO1. The van der Waals surface area contributed by atoms with Gasteiger partial charge in [0.2, 0.25) is 0 Å². The number of benzene rings is 2. The fourth-order valence-electron chi connectivity index (χ4n) is 3.68. The number of anilines is 2. The summed E-state index contributed by atoms with van der Waals surface area (Å²) in [6.45, 7) is 1.23. The maximum Gasteiger partial charge on any atom is 0.253 e. The lowest BCUT2D eigenvalue weighted by Crippen LogP contribution is -2.26. The van der Waals surface area contributed by atoms with Crippen molar-refractivity contribution in [2.45, 2.75) is 25.5 Å². The largest absolute Gasteiger partial charge is 0.368 e. The minimum Gasteiger partial charge on any atom is -0.368 e. The molecule has 2 aromatic heterocycles. The molecule has 1 unspecified atom stereocenters. The number of carbonyl (C=O) groups excluding carboxylic acids is 1. The highest BCUT2D eigenvalue weighted by Crippen LogP contribution is 2.26. The van der Waals surface area contributed by atoms with Crippen LogP contribution in [0.2, 0.25) is 0 Å². The molecule has 3 heterocycles. The van der Waals surface area contributed by atoms with Crippen LogP contribution >= 0.6 is 11.3 Å². The third-order valence-corrected chi connectivity index (χ3v) is 5.94. The number of thiophene rings is 1. The number of nitrogens with one attached hydrogen (secondary N) is 2. The van der Waals surface area contributed by atoms with Crippen LogP contribution < -0.4 is 10.6 Å². The zero-order chi connectivity index (χ0) is 21.0. The first-order valence-corrected chi connectivity index (χ1v) is 11.3. The Morgan fingerprint density at radius 2 is 2.06 bits per heavy atom. The van der Waals surface area contributed by atoms with Gasteiger partial charge in [0.15, 0.2) is 5.82 Å². The monoisotopic (exact) mass is 430 g/mol. The summed E-state index contributed by atoms with van der Waals surface area (Å²) in [6.07, 6.45) is 1.37. The number of nitrogens with zero attached hydrogens (tertiary/aromatic N) is 2. The van der Waals surface area contributed by atoms with E-state index in [1.165, 1.54) is 0 Å². The third kappa shape index (κ3) is 4.42. The Bertz CT molecular complexity index is 1200. The predicted molar refractivity (Wildman–Crippen MR) is 124 cm³/mol. The molecule has 31 heavy (non-hydrogen) atoms. The van der Waals surface area contributed by atoms with Crippen molar-refractivity contribution in [3.8, 4) is 11.4 Å². The summed E-state index contributed by atoms with van der Waals surface area (Å²) in [6, 6.07) is 17.9. The second-order valence-corrected chi connectivity index (χ2v) is 8.25. The van der Waals surface area contributed by atoms with E-state index in [4.69, 9.17) is 14.7 Å². The van der Waals surface area contributed by atoms with Gasteiger partial charge in [-0.3, -0.25) is 4.79 Å². The van der Waals surface area contributed by atoms with Gasteiger partial charge >= 0.3 is 0 Å². The van der Waals surface area contributed by atoms with Crippen LogP contribution in [0.1, 0.15) is 18.4 Å². The highest BCUT2D eigenvalue weighted by atomic mass is 32.1. The van der Waals surface area contributed by atoms with Crippen molar-refractivity contribution in [1.82, 2.24) is 9.97 Å². The molecule has 6 nitrogen and oxygen atoms in total. The lowest BCUT2D eigenvalue weighted by molar-refractivity contribution is -0.124. The summed E-state index contributed by atoms with van der Waals surface area (Å²) >= 11 is 1.63. The van der Waals surface area contributed by atoms with Gasteiger partial charge in [0, 0.05) is 35.2 Å². The molecular formula is C24H22N4O2S. The van der Waals surface area contributed by atoms with Crippen molar-refractivity contribution in [2.24, 2.45) is 0 Å². The van der Waals surface area contributed by atoms with Crippen LogP contribution in [-0.2, 0) is 16.1 Å². The fourth-order valence-corrected chi connectivity index (χ4v) is 4.32. The average Bonchev–Trinajstić information content (AvgIpc) is 3.52. The number of hydrogen-bond donors (Lipinski definition) is 2. The lowest BCUT2D eigenvalue weighted by atomic mass is 10.1. The van der Waals surface area contributed by atoms with Gasteiger partial charge in [0.1, 0.15) is 11.9 Å². The Kier molecular flexibility index (Phi) is 5.60. The van der Waals surface area contributed by atoms with Gasteiger partial charge in [0.25, 0.3) is 5.91 Å². The predicted octanol–water partition coefficient (Wildman–Crippen LogP) is 5.09. The van der Waals surface area contributed by atoms with Gasteiger partial charge in [-0.05, 0) is 54.1 Å². The van der Waals surface area contributed by atoms with E-state index in [-0.39, 0.29) is 12.0 Å². The second kappa shape index (κ2) is 8.83. The van der Waals surface area contributed by atoms with Crippen LogP contribution in [0.5, 0.6) is 0 Å². The highest BCUT2D eigenvalue weighted by Gasteiger charge is 2.23. The number of amides is 1. The maximum atomic E-state index is 12.3. The molecular weight excluding hydrogens is 408 g/mol. The lowest BCUT2D eigenvalue weighted by Gasteiger charge is -2.13. The maximum absolute atomic E-state index is 12.3. The molecule has 1 aliphatic rings. The minimum atomic E-state index is -0.343. The van der Waals surface area contributed by atoms with E-state index < -0.39 is 0 Å². The number of carbonyl (C=O) groups is 1. The molecule has 5 rings (SSSR count). The number of rotatable bonds is 6. The number of para-hydroxylation sites is 1. The van der Waals surface area contributed by atoms with Crippen LogP contribution in [0.15, 0.2) is 65.4 Å². The summed E-state index contributed by atoms with van der Waals surface area (Å²) < 4.78 is 5.47. The Balaban J connectivity index is 1.35. The van der Waals surface area contributed by atoms with E-state index in [1.54, 1.807) is 11.3 Å². The van der Waals surface area contributed by atoms with Crippen molar-refractivity contribution in [3.63, 3.8) is 0 Å². The van der Waals surface area contributed by atoms with Crippen molar-refractivity contribution in [1.29, 1.82) is 0 Å². The number of ether oxygens (including phenoxy) is 1. The van der Waals surface area contributed by atoms with Crippen molar-refractivity contribution >= 4 is 39.7 Å². The molecule has 1 aliphatic heterocycles. The Morgan fingerprint density at radius 1 is 1.13 bits per heavy atom.